The molecule has 1 atom stereocenters. The highest BCUT2D eigenvalue weighted by molar-refractivity contribution is 5.94. The van der Waals surface area contributed by atoms with Crippen molar-refractivity contribution in [3.63, 3.8) is 0 Å². The van der Waals surface area contributed by atoms with Crippen LogP contribution in [0.15, 0.2) is 18.2 Å². The lowest BCUT2D eigenvalue weighted by atomic mass is 9.76. The third kappa shape index (κ3) is 3.52. The molecular weight excluding hydrogens is 356 g/mol. The maximum Gasteiger partial charge on any atom is 0.326 e. The van der Waals surface area contributed by atoms with Gasteiger partial charge in [-0.2, -0.15) is 0 Å². The zero-order chi connectivity index (χ0) is 20.1. The minimum atomic E-state index is -0.903. The monoisotopic (exact) mass is 384 g/mol. The van der Waals surface area contributed by atoms with Gasteiger partial charge in [0.2, 0.25) is 5.91 Å². The van der Waals surface area contributed by atoms with Crippen LogP contribution in [0.2, 0.25) is 0 Å². The molecule has 1 saturated carbocycles. The van der Waals surface area contributed by atoms with E-state index < -0.39 is 12.0 Å². The van der Waals surface area contributed by atoms with Crippen molar-refractivity contribution >= 4 is 17.8 Å². The molecule has 0 unspecified atom stereocenters. The van der Waals surface area contributed by atoms with Gasteiger partial charge in [-0.15, -0.1) is 0 Å². The van der Waals surface area contributed by atoms with Crippen LogP contribution in [0.25, 0.3) is 0 Å². The molecule has 2 aliphatic heterocycles. The summed E-state index contributed by atoms with van der Waals surface area (Å²) < 4.78 is 0. The van der Waals surface area contributed by atoms with Crippen molar-refractivity contribution in [2.45, 2.75) is 52.0 Å². The van der Waals surface area contributed by atoms with Crippen molar-refractivity contribution < 1.29 is 19.5 Å². The summed E-state index contributed by atoms with van der Waals surface area (Å²) in [4.78, 5) is 40.7. The van der Waals surface area contributed by atoms with Crippen molar-refractivity contribution in [3.05, 3.63) is 34.9 Å². The number of carboxylic acid groups (broad SMARTS) is 1. The van der Waals surface area contributed by atoms with E-state index in [4.69, 9.17) is 0 Å². The second-order valence-electron chi connectivity index (χ2n) is 8.97. The van der Waals surface area contributed by atoms with Crippen molar-refractivity contribution in [2.24, 2.45) is 11.3 Å². The van der Waals surface area contributed by atoms with E-state index in [1.165, 1.54) is 0 Å². The van der Waals surface area contributed by atoms with E-state index in [0.29, 0.717) is 31.6 Å². The van der Waals surface area contributed by atoms with Crippen LogP contribution in [0.5, 0.6) is 0 Å². The van der Waals surface area contributed by atoms with E-state index in [0.717, 1.165) is 36.8 Å². The standard InChI is InChI=1S/C22H28N2O4/c1-14-9-15(2)11-17(10-14)19(25)23-7-5-22(6-8-23)12-18(21(27)28)24(13-22)20(26)16-3-4-16/h9-11,16,18H,3-8,12-13H2,1-2H3,(H,27,28)/t18-/m1/s1. The van der Waals surface area contributed by atoms with Crippen LogP contribution in [-0.4, -0.2) is 58.4 Å². The molecule has 2 amide bonds. The summed E-state index contributed by atoms with van der Waals surface area (Å²) in [5.41, 5.74) is 2.69. The number of hydrogen-bond donors (Lipinski definition) is 1. The first-order valence-corrected chi connectivity index (χ1v) is 10.2. The van der Waals surface area contributed by atoms with Gasteiger partial charge in [0.1, 0.15) is 6.04 Å². The van der Waals surface area contributed by atoms with Gasteiger partial charge in [-0.1, -0.05) is 17.2 Å². The number of benzene rings is 1. The SMILES string of the molecule is Cc1cc(C)cc(C(=O)N2CCC3(CC2)C[C@H](C(=O)O)N(C(=O)C2CC2)C3)c1. The van der Waals surface area contributed by atoms with Crippen LogP contribution in [-0.2, 0) is 9.59 Å². The van der Waals surface area contributed by atoms with Crippen molar-refractivity contribution in [2.75, 3.05) is 19.6 Å². The quantitative estimate of drug-likeness (QED) is 0.869. The van der Waals surface area contributed by atoms with E-state index in [1.807, 2.05) is 30.9 Å². The van der Waals surface area contributed by atoms with Gasteiger partial charge in [0.15, 0.2) is 0 Å². The summed E-state index contributed by atoms with van der Waals surface area (Å²) in [6.07, 6.45) is 3.77. The Hall–Kier alpha value is -2.37. The normalized spacial score (nSPS) is 23.9. The summed E-state index contributed by atoms with van der Waals surface area (Å²) in [6, 6.07) is 5.19. The minimum Gasteiger partial charge on any atom is -0.480 e. The number of piperidine rings is 1. The zero-order valence-electron chi connectivity index (χ0n) is 16.6. The van der Waals surface area contributed by atoms with Gasteiger partial charge in [-0.05, 0) is 63.5 Å². The van der Waals surface area contributed by atoms with E-state index in [-0.39, 0.29) is 23.1 Å². The molecule has 0 radical (unpaired) electrons. The van der Waals surface area contributed by atoms with Gasteiger partial charge in [-0.3, -0.25) is 9.59 Å². The summed E-state index contributed by atoms with van der Waals surface area (Å²) >= 11 is 0. The van der Waals surface area contributed by atoms with Crippen LogP contribution in [0.4, 0.5) is 0 Å². The van der Waals surface area contributed by atoms with Gasteiger partial charge in [0.05, 0.1) is 0 Å². The molecule has 1 aromatic carbocycles. The second kappa shape index (κ2) is 6.90. The molecule has 1 spiro atoms. The first-order valence-electron chi connectivity index (χ1n) is 10.2. The highest BCUT2D eigenvalue weighted by Gasteiger charge is 2.52. The fourth-order valence-corrected chi connectivity index (χ4v) is 4.90. The lowest BCUT2D eigenvalue weighted by Gasteiger charge is -2.39. The molecule has 2 heterocycles. The Balaban J connectivity index is 1.45. The molecule has 6 nitrogen and oxygen atoms in total. The number of aryl methyl sites for hydroxylation is 2. The Morgan fingerprint density at radius 3 is 2.18 bits per heavy atom. The van der Waals surface area contributed by atoms with E-state index in [2.05, 4.69) is 6.07 Å². The minimum absolute atomic E-state index is 0.0121. The van der Waals surface area contributed by atoms with Crippen LogP contribution in [0.1, 0.15) is 53.6 Å². The molecule has 1 N–H and O–H groups in total. The molecule has 2 saturated heterocycles. The number of carboxylic acids is 1. The van der Waals surface area contributed by atoms with Gasteiger partial charge in [-0.25, -0.2) is 4.79 Å². The van der Waals surface area contributed by atoms with E-state index in [1.54, 1.807) is 4.90 Å². The summed E-state index contributed by atoms with van der Waals surface area (Å²) in [5, 5.41) is 9.63. The fourth-order valence-electron chi connectivity index (χ4n) is 4.90. The zero-order valence-corrected chi connectivity index (χ0v) is 16.6. The summed E-state index contributed by atoms with van der Waals surface area (Å²) in [7, 11) is 0. The van der Waals surface area contributed by atoms with Crippen LogP contribution < -0.4 is 0 Å². The third-order valence-electron chi connectivity index (χ3n) is 6.58. The second-order valence-corrected chi connectivity index (χ2v) is 8.97. The summed E-state index contributed by atoms with van der Waals surface area (Å²) in [6.45, 7) is 5.73. The average molecular weight is 384 g/mol. The van der Waals surface area contributed by atoms with Gasteiger partial charge < -0.3 is 14.9 Å². The van der Waals surface area contributed by atoms with Gasteiger partial charge in [0.25, 0.3) is 5.91 Å². The van der Waals surface area contributed by atoms with Crippen LogP contribution >= 0.6 is 0 Å². The lowest BCUT2D eigenvalue weighted by molar-refractivity contribution is -0.148. The maximum absolute atomic E-state index is 12.9. The number of amides is 2. The molecule has 0 aromatic heterocycles. The number of hydrogen-bond acceptors (Lipinski definition) is 3. The Kier molecular flexibility index (Phi) is 4.68. The van der Waals surface area contributed by atoms with Crippen molar-refractivity contribution in [3.8, 4) is 0 Å². The molecular formula is C22H28N2O4. The smallest absolute Gasteiger partial charge is 0.326 e. The average Bonchev–Trinajstić information content (AvgIpc) is 3.43. The first kappa shape index (κ1) is 19.0. The molecule has 150 valence electrons. The predicted molar refractivity (Wildman–Crippen MR) is 104 cm³/mol. The largest absolute Gasteiger partial charge is 0.480 e. The molecule has 1 aromatic rings. The van der Waals surface area contributed by atoms with Crippen molar-refractivity contribution in [1.29, 1.82) is 0 Å². The Labute approximate surface area is 165 Å². The van der Waals surface area contributed by atoms with Crippen LogP contribution in [0, 0.1) is 25.2 Å². The van der Waals surface area contributed by atoms with Crippen LogP contribution in [0.3, 0.4) is 0 Å². The number of rotatable bonds is 3. The topological polar surface area (TPSA) is 77.9 Å². The molecule has 28 heavy (non-hydrogen) atoms. The first-order chi connectivity index (χ1) is 13.3. The Morgan fingerprint density at radius 2 is 1.64 bits per heavy atom. The summed E-state index contributed by atoms with van der Waals surface area (Å²) in [5.74, 6) is -0.818. The number of likely N-dealkylation sites (tertiary alicyclic amines) is 2. The number of carbonyl (C=O) groups excluding carboxylic acids is 2. The molecule has 0 bridgehead atoms. The number of aliphatic carboxylic acids is 1. The molecule has 6 heteroatoms. The molecule has 3 aliphatic rings. The fraction of sp³-hybridized carbons (Fsp3) is 0.591. The Morgan fingerprint density at radius 1 is 1.04 bits per heavy atom. The lowest BCUT2D eigenvalue weighted by Crippen LogP contribution is -2.45. The third-order valence-corrected chi connectivity index (χ3v) is 6.58. The highest BCUT2D eigenvalue weighted by atomic mass is 16.4. The maximum atomic E-state index is 12.9. The number of carbonyl (C=O) groups is 3. The van der Waals surface area contributed by atoms with Gasteiger partial charge >= 0.3 is 5.97 Å². The van der Waals surface area contributed by atoms with Crippen molar-refractivity contribution in [1.82, 2.24) is 9.80 Å². The van der Waals surface area contributed by atoms with E-state index >= 15 is 0 Å². The Bertz CT molecular complexity index is 802. The molecule has 4 rings (SSSR count). The molecule has 3 fully saturated rings. The predicted octanol–water partition coefficient (Wildman–Crippen LogP) is 2.62. The molecule has 1 aliphatic carbocycles. The number of nitrogens with zero attached hydrogens (tertiary/aromatic N) is 2. The van der Waals surface area contributed by atoms with E-state index in [9.17, 15) is 19.5 Å². The highest BCUT2D eigenvalue weighted by Crippen LogP contribution is 2.45. The van der Waals surface area contributed by atoms with Gasteiger partial charge in [0, 0.05) is 31.1 Å².